The number of H-pyrrole nitrogens is 1. The summed E-state index contributed by atoms with van der Waals surface area (Å²) >= 11 is 1.58. The van der Waals surface area contributed by atoms with Crippen LogP contribution in [0.4, 0.5) is 0 Å². The largest absolute Gasteiger partial charge is 0.462 e. The van der Waals surface area contributed by atoms with Crippen molar-refractivity contribution < 1.29 is 22.7 Å². The number of hydrogen-bond acceptors (Lipinski definition) is 6. The van der Waals surface area contributed by atoms with Gasteiger partial charge in [-0.1, -0.05) is 6.07 Å². The molecule has 0 aromatic carbocycles. The molecule has 8 nitrogen and oxygen atoms in total. The molecule has 1 saturated heterocycles. The number of hydrogen-bond donors (Lipinski definition) is 2. The fraction of sp³-hybridized carbons (Fsp3) is 0.500. The predicted octanol–water partition coefficient (Wildman–Crippen LogP) is 2.59. The Balaban J connectivity index is 1.69. The van der Waals surface area contributed by atoms with Crippen LogP contribution >= 0.6 is 11.3 Å². The lowest BCUT2D eigenvalue weighted by Gasteiger charge is -2.30. The van der Waals surface area contributed by atoms with Crippen LogP contribution in [0.2, 0.25) is 0 Å². The summed E-state index contributed by atoms with van der Waals surface area (Å²) in [6.07, 6.45) is 0.874. The number of ether oxygens (including phenoxy) is 1. The lowest BCUT2D eigenvalue weighted by molar-refractivity contribution is -0.126. The molecule has 0 saturated carbocycles. The standard InChI is InChI=1S/C20H27N3O5S2/c1-4-28-20(25)17-13(2)22-14(3)18(17)30(26,27)23-9-7-15(8-10-23)19(24)21-12-16-6-5-11-29-16/h5-6,11,15,22H,4,7-10,12H2,1-3H3,(H,21,24). The number of sulfonamides is 1. The van der Waals surface area contributed by atoms with Gasteiger partial charge in [0.25, 0.3) is 0 Å². The molecule has 2 aromatic rings. The van der Waals surface area contributed by atoms with Crippen LogP contribution < -0.4 is 5.32 Å². The Morgan fingerprint density at radius 1 is 1.27 bits per heavy atom. The molecule has 1 fully saturated rings. The third kappa shape index (κ3) is 4.60. The molecule has 0 aliphatic carbocycles. The quantitative estimate of drug-likeness (QED) is 0.627. The van der Waals surface area contributed by atoms with Crippen molar-refractivity contribution in [2.24, 2.45) is 5.92 Å². The molecule has 3 rings (SSSR count). The minimum absolute atomic E-state index is 0.0287. The van der Waals surface area contributed by atoms with E-state index in [1.54, 1.807) is 32.1 Å². The highest BCUT2D eigenvalue weighted by Gasteiger charge is 2.37. The molecule has 3 heterocycles. The Bertz CT molecular complexity index is 1000. The smallest absolute Gasteiger partial charge is 0.341 e. The van der Waals surface area contributed by atoms with Crippen molar-refractivity contribution in [1.82, 2.24) is 14.6 Å². The number of nitrogens with zero attached hydrogens (tertiary/aromatic N) is 1. The fourth-order valence-corrected chi connectivity index (χ4v) is 6.28. The van der Waals surface area contributed by atoms with Gasteiger partial charge in [-0.3, -0.25) is 4.79 Å². The Morgan fingerprint density at radius 2 is 1.97 bits per heavy atom. The average molecular weight is 454 g/mol. The maximum absolute atomic E-state index is 13.3. The minimum atomic E-state index is -3.89. The molecule has 2 N–H and O–H groups in total. The zero-order chi connectivity index (χ0) is 21.9. The van der Waals surface area contributed by atoms with Crippen molar-refractivity contribution in [1.29, 1.82) is 0 Å². The molecule has 30 heavy (non-hydrogen) atoms. The number of rotatable bonds is 7. The lowest BCUT2D eigenvalue weighted by atomic mass is 9.97. The third-order valence-corrected chi connectivity index (χ3v) is 8.18. The van der Waals surface area contributed by atoms with Crippen molar-refractivity contribution in [2.45, 2.75) is 45.1 Å². The van der Waals surface area contributed by atoms with Crippen LogP contribution in [0.15, 0.2) is 22.4 Å². The highest BCUT2D eigenvalue weighted by molar-refractivity contribution is 7.89. The summed E-state index contributed by atoms with van der Waals surface area (Å²) in [6, 6.07) is 3.90. The molecule has 1 amide bonds. The average Bonchev–Trinajstić information content (AvgIpc) is 3.33. The highest BCUT2D eigenvalue weighted by atomic mass is 32.2. The van der Waals surface area contributed by atoms with Crippen molar-refractivity contribution in [2.75, 3.05) is 19.7 Å². The number of aromatic amines is 1. The number of thiophene rings is 1. The number of aromatic nitrogens is 1. The van der Waals surface area contributed by atoms with Gasteiger partial charge in [0.1, 0.15) is 10.5 Å². The molecule has 1 aliphatic heterocycles. The number of amides is 1. The number of aryl methyl sites for hydroxylation is 2. The maximum atomic E-state index is 13.3. The van der Waals surface area contributed by atoms with E-state index in [0.717, 1.165) is 4.88 Å². The predicted molar refractivity (Wildman–Crippen MR) is 114 cm³/mol. The molecule has 1 aliphatic rings. The molecule has 10 heteroatoms. The Labute approximate surface area is 180 Å². The van der Waals surface area contributed by atoms with Crippen LogP contribution in [0.3, 0.4) is 0 Å². The topological polar surface area (TPSA) is 109 Å². The number of nitrogens with one attached hydrogen (secondary N) is 2. The fourth-order valence-electron chi connectivity index (χ4n) is 3.75. The normalized spacial score (nSPS) is 15.8. The molecule has 0 atom stereocenters. The second kappa shape index (κ2) is 9.32. The van der Waals surface area contributed by atoms with Gasteiger partial charge in [0.2, 0.25) is 15.9 Å². The molecule has 0 bridgehead atoms. The van der Waals surface area contributed by atoms with Crippen LogP contribution in [0.1, 0.15) is 46.4 Å². The van der Waals surface area contributed by atoms with Crippen molar-refractivity contribution in [3.8, 4) is 0 Å². The number of piperidine rings is 1. The van der Waals surface area contributed by atoms with E-state index in [9.17, 15) is 18.0 Å². The molecular weight excluding hydrogens is 426 g/mol. The van der Waals surface area contributed by atoms with Gasteiger partial charge in [-0.2, -0.15) is 4.31 Å². The molecule has 0 unspecified atom stereocenters. The summed E-state index contributed by atoms with van der Waals surface area (Å²) in [6.45, 7) is 6.06. The second-order valence-electron chi connectivity index (χ2n) is 7.28. The van der Waals surface area contributed by atoms with Gasteiger partial charge in [0.05, 0.1) is 13.2 Å². The van der Waals surface area contributed by atoms with Crippen LogP contribution in [0.25, 0.3) is 0 Å². The third-order valence-electron chi connectivity index (χ3n) is 5.24. The highest BCUT2D eigenvalue weighted by Crippen LogP contribution is 2.30. The first-order valence-corrected chi connectivity index (χ1v) is 12.2. The van der Waals surface area contributed by atoms with E-state index in [1.807, 2.05) is 17.5 Å². The van der Waals surface area contributed by atoms with E-state index in [0.29, 0.717) is 30.8 Å². The summed E-state index contributed by atoms with van der Waals surface area (Å²) in [4.78, 5) is 28.8. The summed E-state index contributed by atoms with van der Waals surface area (Å²) in [5, 5.41) is 4.89. The first kappa shape index (κ1) is 22.5. The number of carbonyl (C=O) groups excluding carboxylic acids is 2. The van der Waals surface area contributed by atoms with Crippen LogP contribution in [0.5, 0.6) is 0 Å². The van der Waals surface area contributed by atoms with Crippen molar-refractivity contribution in [3.63, 3.8) is 0 Å². The van der Waals surface area contributed by atoms with E-state index < -0.39 is 16.0 Å². The maximum Gasteiger partial charge on any atom is 0.341 e. The molecule has 164 valence electrons. The summed E-state index contributed by atoms with van der Waals surface area (Å²) in [5.74, 6) is -0.933. The van der Waals surface area contributed by atoms with Gasteiger partial charge in [-0.25, -0.2) is 13.2 Å². The van der Waals surface area contributed by atoms with E-state index in [-0.39, 0.29) is 42.0 Å². The second-order valence-corrected chi connectivity index (χ2v) is 10.2. The van der Waals surface area contributed by atoms with Crippen LogP contribution in [-0.4, -0.2) is 49.3 Å². The molecular formula is C20H27N3O5S2. The van der Waals surface area contributed by atoms with Gasteiger partial charge >= 0.3 is 5.97 Å². The Kier molecular flexibility index (Phi) is 6.99. The van der Waals surface area contributed by atoms with E-state index >= 15 is 0 Å². The van der Waals surface area contributed by atoms with Crippen molar-refractivity contribution >= 4 is 33.2 Å². The number of esters is 1. The van der Waals surface area contributed by atoms with Gasteiger partial charge < -0.3 is 15.0 Å². The summed E-state index contributed by atoms with van der Waals surface area (Å²) in [7, 11) is -3.89. The minimum Gasteiger partial charge on any atom is -0.462 e. The Hall–Kier alpha value is -2.17. The van der Waals surface area contributed by atoms with Crippen LogP contribution in [0, 0.1) is 19.8 Å². The summed E-state index contributed by atoms with van der Waals surface area (Å²) < 4.78 is 33.0. The van der Waals surface area contributed by atoms with Crippen molar-refractivity contribution in [3.05, 3.63) is 39.3 Å². The molecule has 2 aromatic heterocycles. The van der Waals surface area contributed by atoms with E-state index in [1.165, 1.54) is 4.31 Å². The molecule has 0 radical (unpaired) electrons. The lowest BCUT2D eigenvalue weighted by Crippen LogP contribution is -2.43. The Morgan fingerprint density at radius 3 is 2.57 bits per heavy atom. The zero-order valence-corrected chi connectivity index (χ0v) is 19.0. The SMILES string of the molecule is CCOC(=O)c1c(C)[nH]c(C)c1S(=O)(=O)N1CCC(C(=O)NCc2cccs2)CC1. The summed E-state index contributed by atoms with van der Waals surface area (Å²) in [5.41, 5.74) is 0.934. The zero-order valence-electron chi connectivity index (χ0n) is 17.4. The molecule has 0 spiro atoms. The van der Waals surface area contributed by atoms with E-state index in [4.69, 9.17) is 4.74 Å². The monoisotopic (exact) mass is 453 g/mol. The van der Waals surface area contributed by atoms with Gasteiger partial charge in [-0.05, 0) is 45.1 Å². The van der Waals surface area contributed by atoms with E-state index in [2.05, 4.69) is 10.3 Å². The van der Waals surface area contributed by atoms with Gasteiger partial charge in [-0.15, -0.1) is 11.3 Å². The first-order chi connectivity index (χ1) is 14.3. The first-order valence-electron chi connectivity index (χ1n) is 9.92. The van der Waals surface area contributed by atoms with Gasteiger partial charge in [0.15, 0.2) is 0 Å². The van der Waals surface area contributed by atoms with Gasteiger partial charge in [0, 0.05) is 35.3 Å². The van der Waals surface area contributed by atoms with Crippen LogP contribution in [-0.2, 0) is 26.1 Å². The number of carbonyl (C=O) groups is 2.